The SMILES string of the molecule is CC(C)(Oc1ccc(Cl)cc1)C(=O)NC1C2CC3C[C@H]1CC(c1ncc[nH]1)(C3)C2. The van der Waals surface area contributed by atoms with Gasteiger partial charge in [-0.15, -0.1) is 0 Å². The van der Waals surface area contributed by atoms with Gasteiger partial charge in [-0.05, 0) is 88.0 Å². The summed E-state index contributed by atoms with van der Waals surface area (Å²) in [7, 11) is 0. The first-order valence-corrected chi connectivity index (χ1v) is 11.0. The maximum atomic E-state index is 13.2. The van der Waals surface area contributed by atoms with E-state index in [1.165, 1.54) is 19.3 Å². The number of hydrogen-bond acceptors (Lipinski definition) is 3. The fraction of sp³-hybridized carbons (Fsp3) is 0.565. The molecule has 6 rings (SSSR count). The highest BCUT2D eigenvalue weighted by Gasteiger charge is 2.57. The Hall–Kier alpha value is -2.01. The number of carbonyl (C=O) groups excluding carboxylic acids is 1. The van der Waals surface area contributed by atoms with E-state index >= 15 is 0 Å². The Bertz CT molecular complexity index is 877. The first kappa shape index (κ1) is 19.0. The summed E-state index contributed by atoms with van der Waals surface area (Å²) < 4.78 is 6.01. The van der Waals surface area contributed by atoms with E-state index in [4.69, 9.17) is 16.3 Å². The van der Waals surface area contributed by atoms with Gasteiger partial charge < -0.3 is 15.0 Å². The van der Waals surface area contributed by atoms with Gasteiger partial charge in [-0.25, -0.2) is 4.98 Å². The van der Waals surface area contributed by atoms with E-state index in [-0.39, 0.29) is 17.4 Å². The maximum absolute atomic E-state index is 13.2. The summed E-state index contributed by atoms with van der Waals surface area (Å²) >= 11 is 5.95. The van der Waals surface area contributed by atoms with Gasteiger partial charge in [0, 0.05) is 28.9 Å². The fourth-order valence-electron chi connectivity index (χ4n) is 6.27. The average Bonchev–Trinajstić information content (AvgIpc) is 3.21. The van der Waals surface area contributed by atoms with Crippen molar-refractivity contribution in [3.05, 3.63) is 47.5 Å². The second-order valence-electron chi connectivity index (χ2n) is 9.75. The molecule has 4 saturated carbocycles. The van der Waals surface area contributed by atoms with Crippen molar-refractivity contribution in [1.82, 2.24) is 15.3 Å². The summed E-state index contributed by atoms with van der Waals surface area (Å²) in [5.74, 6) is 3.54. The summed E-state index contributed by atoms with van der Waals surface area (Å²) in [6, 6.07) is 7.38. The van der Waals surface area contributed by atoms with Gasteiger partial charge in [-0.2, -0.15) is 0 Å². The summed E-state index contributed by atoms with van der Waals surface area (Å²) in [6.07, 6.45) is 9.67. The van der Waals surface area contributed by atoms with Gasteiger partial charge in [0.15, 0.2) is 5.60 Å². The Morgan fingerprint density at radius 2 is 1.90 bits per heavy atom. The van der Waals surface area contributed by atoms with Gasteiger partial charge >= 0.3 is 0 Å². The molecular weight excluding hydrogens is 386 g/mol. The first-order valence-electron chi connectivity index (χ1n) is 10.6. The number of nitrogens with one attached hydrogen (secondary N) is 2. The Morgan fingerprint density at radius 1 is 1.21 bits per heavy atom. The zero-order valence-corrected chi connectivity index (χ0v) is 17.7. The number of aromatic amines is 1. The van der Waals surface area contributed by atoms with Crippen LogP contribution in [0.4, 0.5) is 0 Å². The minimum absolute atomic E-state index is 0.0445. The lowest BCUT2D eigenvalue weighted by atomic mass is 9.47. The van der Waals surface area contributed by atoms with E-state index in [1.54, 1.807) is 24.3 Å². The molecule has 0 saturated heterocycles. The molecule has 2 N–H and O–H groups in total. The molecule has 4 aliphatic carbocycles. The van der Waals surface area contributed by atoms with Crippen LogP contribution in [0.3, 0.4) is 0 Å². The van der Waals surface area contributed by atoms with Gasteiger partial charge in [0.05, 0.1) is 0 Å². The number of halogens is 1. The van der Waals surface area contributed by atoms with Crippen LogP contribution in [-0.2, 0) is 10.2 Å². The minimum Gasteiger partial charge on any atom is -0.478 e. The number of amides is 1. The second kappa shape index (κ2) is 6.76. The standard InChI is InChI=1S/C23H28ClN3O2/c1-22(2,29-18-5-3-17(24)4-6-18)21(28)27-19-15-9-14-10-16(19)13-23(11-14,12-15)20-25-7-8-26-20/h3-8,14-16,19H,9-13H2,1-2H3,(H,25,26)(H,27,28)/t14?,15-,16?,19?,23?/m0/s1. The molecule has 5 atom stereocenters. The van der Waals surface area contributed by atoms with E-state index in [0.29, 0.717) is 22.6 Å². The Morgan fingerprint density at radius 3 is 2.52 bits per heavy atom. The van der Waals surface area contributed by atoms with Gasteiger partial charge in [0.25, 0.3) is 5.91 Å². The van der Waals surface area contributed by atoms with Crippen LogP contribution in [0.1, 0.15) is 51.8 Å². The number of ether oxygens (including phenoxy) is 1. The number of rotatable bonds is 5. The summed E-state index contributed by atoms with van der Waals surface area (Å²) in [6.45, 7) is 3.66. The quantitative estimate of drug-likeness (QED) is 0.759. The Kier molecular flexibility index (Phi) is 4.43. The molecule has 4 fully saturated rings. The third kappa shape index (κ3) is 3.33. The molecule has 5 nitrogen and oxygen atoms in total. The largest absolute Gasteiger partial charge is 0.478 e. The zero-order chi connectivity index (χ0) is 20.2. The lowest BCUT2D eigenvalue weighted by Gasteiger charge is -2.59. The predicted molar refractivity (Wildman–Crippen MR) is 112 cm³/mol. The van der Waals surface area contributed by atoms with Crippen molar-refractivity contribution < 1.29 is 9.53 Å². The van der Waals surface area contributed by atoms with Crippen LogP contribution < -0.4 is 10.1 Å². The van der Waals surface area contributed by atoms with Gasteiger partial charge in [-0.3, -0.25) is 4.79 Å². The van der Waals surface area contributed by atoms with Crippen molar-refractivity contribution in [2.24, 2.45) is 17.8 Å². The monoisotopic (exact) mass is 413 g/mol. The molecule has 6 heteroatoms. The van der Waals surface area contributed by atoms with Crippen LogP contribution in [0.15, 0.2) is 36.7 Å². The van der Waals surface area contributed by atoms with Crippen molar-refractivity contribution in [1.29, 1.82) is 0 Å². The molecule has 4 aliphatic rings. The van der Waals surface area contributed by atoms with Crippen LogP contribution >= 0.6 is 11.6 Å². The first-order chi connectivity index (χ1) is 13.8. The highest BCUT2D eigenvalue weighted by molar-refractivity contribution is 6.30. The molecule has 4 unspecified atom stereocenters. The van der Waals surface area contributed by atoms with Crippen LogP contribution in [0, 0.1) is 17.8 Å². The van der Waals surface area contributed by atoms with E-state index in [2.05, 4.69) is 15.3 Å². The minimum atomic E-state index is -0.943. The van der Waals surface area contributed by atoms with Gasteiger partial charge in [0.2, 0.25) is 0 Å². The Balaban J connectivity index is 1.30. The molecule has 154 valence electrons. The van der Waals surface area contributed by atoms with E-state index in [0.717, 1.165) is 24.6 Å². The molecule has 1 amide bonds. The van der Waals surface area contributed by atoms with E-state index < -0.39 is 5.60 Å². The smallest absolute Gasteiger partial charge is 0.263 e. The topological polar surface area (TPSA) is 67.0 Å². The number of carbonyl (C=O) groups is 1. The van der Waals surface area contributed by atoms with Crippen LogP contribution in [0.25, 0.3) is 0 Å². The Labute approximate surface area is 176 Å². The molecule has 0 spiro atoms. The van der Waals surface area contributed by atoms with Crippen molar-refractivity contribution in [3.63, 3.8) is 0 Å². The molecule has 0 radical (unpaired) electrons. The molecule has 1 aromatic heterocycles. The third-order valence-corrected chi connectivity index (χ3v) is 7.56. The van der Waals surface area contributed by atoms with Crippen molar-refractivity contribution in [3.8, 4) is 5.75 Å². The lowest BCUT2D eigenvalue weighted by molar-refractivity contribution is -0.138. The normalized spacial score (nSPS) is 32.9. The third-order valence-electron chi connectivity index (χ3n) is 7.30. The lowest BCUT2D eigenvalue weighted by Crippen LogP contribution is -2.63. The number of H-pyrrole nitrogens is 1. The number of hydrogen-bond donors (Lipinski definition) is 2. The van der Waals surface area contributed by atoms with Crippen LogP contribution in [0.2, 0.25) is 5.02 Å². The molecular formula is C23H28ClN3O2. The molecule has 1 aromatic carbocycles. The molecule has 29 heavy (non-hydrogen) atoms. The van der Waals surface area contributed by atoms with Crippen molar-refractivity contribution >= 4 is 17.5 Å². The number of aromatic nitrogens is 2. The van der Waals surface area contributed by atoms with Crippen LogP contribution in [-0.4, -0.2) is 27.5 Å². The maximum Gasteiger partial charge on any atom is 0.263 e. The van der Waals surface area contributed by atoms with Crippen molar-refractivity contribution in [2.75, 3.05) is 0 Å². The van der Waals surface area contributed by atoms with Gasteiger partial charge in [0.1, 0.15) is 11.6 Å². The van der Waals surface area contributed by atoms with Crippen LogP contribution in [0.5, 0.6) is 5.75 Å². The fourth-order valence-corrected chi connectivity index (χ4v) is 6.40. The highest BCUT2D eigenvalue weighted by Crippen LogP contribution is 2.60. The molecule has 0 aliphatic heterocycles. The van der Waals surface area contributed by atoms with Gasteiger partial charge in [-0.1, -0.05) is 11.6 Å². The molecule has 4 bridgehead atoms. The number of imidazole rings is 1. The predicted octanol–water partition coefficient (Wildman–Crippen LogP) is 4.48. The summed E-state index contributed by atoms with van der Waals surface area (Å²) in [4.78, 5) is 21.1. The van der Waals surface area contributed by atoms with Crippen molar-refractivity contribution in [2.45, 2.75) is 63.0 Å². The summed E-state index contributed by atoms with van der Waals surface area (Å²) in [5.41, 5.74) is -0.766. The highest BCUT2D eigenvalue weighted by atomic mass is 35.5. The molecule has 1 heterocycles. The second-order valence-corrected chi connectivity index (χ2v) is 10.2. The zero-order valence-electron chi connectivity index (χ0n) is 17.0. The van der Waals surface area contributed by atoms with E-state index in [9.17, 15) is 4.79 Å². The average molecular weight is 414 g/mol. The van der Waals surface area contributed by atoms with E-state index in [1.807, 2.05) is 26.2 Å². The summed E-state index contributed by atoms with van der Waals surface area (Å²) in [5, 5.41) is 4.03. The number of benzene rings is 1. The molecule has 2 aromatic rings. The number of nitrogens with zero attached hydrogens (tertiary/aromatic N) is 1.